The molecule has 0 fully saturated rings. The van der Waals surface area contributed by atoms with Crippen molar-refractivity contribution in [3.05, 3.63) is 106 Å². The van der Waals surface area contributed by atoms with Crippen molar-refractivity contribution in [2.75, 3.05) is 19.6 Å². The summed E-state index contributed by atoms with van der Waals surface area (Å²) in [6.07, 6.45) is 5.66. The van der Waals surface area contributed by atoms with Crippen LogP contribution in [0.15, 0.2) is 93.9 Å². The van der Waals surface area contributed by atoms with Gasteiger partial charge in [0.25, 0.3) is 10.0 Å². The molecule has 2 aliphatic rings. The first-order valence-electron chi connectivity index (χ1n) is 14.6. The van der Waals surface area contributed by atoms with Gasteiger partial charge in [0.15, 0.2) is 0 Å². The second kappa shape index (κ2) is 12.1. The van der Waals surface area contributed by atoms with Gasteiger partial charge >= 0.3 is 0 Å². The highest BCUT2D eigenvalue weighted by Gasteiger charge is 2.41. The molecule has 1 unspecified atom stereocenters. The molecular formula is C33H40N2O4S2. The molecule has 0 radical (unpaired) electrons. The summed E-state index contributed by atoms with van der Waals surface area (Å²) in [5, 5.41) is 0. The van der Waals surface area contributed by atoms with E-state index in [9.17, 15) is 16.8 Å². The Morgan fingerprint density at radius 1 is 0.732 bits per heavy atom. The van der Waals surface area contributed by atoms with Crippen molar-refractivity contribution in [3.8, 4) is 0 Å². The SMILES string of the molecule is CCCCCCC1C2=C(Cc3ccccc31)CN(S(=O)(=O)c1ccc(C)cc1)CCN2S(=O)(=O)c1ccc(C)cc1. The van der Waals surface area contributed by atoms with Crippen molar-refractivity contribution in [3.63, 3.8) is 0 Å². The number of fused-ring (bicyclic) bond motifs is 1. The van der Waals surface area contributed by atoms with E-state index in [1.54, 1.807) is 36.4 Å². The number of unbranched alkanes of at least 4 members (excludes halogenated alkanes) is 3. The minimum atomic E-state index is -3.93. The van der Waals surface area contributed by atoms with Gasteiger partial charge in [-0.05, 0) is 67.7 Å². The molecule has 0 bridgehead atoms. The summed E-state index contributed by atoms with van der Waals surface area (Å²) in [4.78, 5) is 0.459. The van der Waals surface area contributed by atoms with Gasteiger partial charge in [0.2, 0.25) is 10.0 Å². The van der Waals surface area contributed by atoms with Crippen molar-refractivity contribution in [2.24, 2.45) is 0 Å². The summed E-state index contributed by atoms with van der Waals surface area (Å²) < 4.78 is 59.5. The minimum absolute atomic E-state index is 0.0633. The molecule has 41 heavy (non-hydrogen) atoms. The Morgan fingerprint density at radius 2 is 1.34 bits per heavy atom. The molecule has 0 saturated carbocycles. The largest absolute Gasteiger partial charge is 0.268 e. The average molecular weight is 593 g/mol. The van der Waals surface area contributed by atoms with Gasteiger partial charge in [-0.25, -0.2) is 16.8 Å². The Kier molecular flexibility index (Phi) is 8.73. The molecule has 3 aromatic carbocycles. The molecule has 1 atom stereocenters. The normalized spacial score (nSPS) is 18.1. The molecule has 218 valence electrons. The van der Waals surface area contributed by atoms with E-state index in [0.29, 0.717) is 6.42 Å². The van der Waals surface area contributed by atoms with E-state index in [1.807, 2.05) is 38.1 Å². The molecule has 1 heterocycles. The Balaban J connectivity index is 1.63. The third kappa shape index (κ3) is 6.01. The first-order valence-corrected chi connectivity index (χ1v) is 17.5. The lowest BCUT2D eigenvalue weighted by molar-refractivity contribution is 0.397. The maximum Gasteiger partial charge on any atom is 0.264 e. The quantitative estimate of drug-likeness (QED) is 0.264. The Labute approximate surface area is 245 Å². The van der Waals surface area contributed by atoms with Crippen LogP contribution in [0.5, 0.6) is 0 Å². The molecule has 0 saturated heterocycles. The highest BCUT2D eigenvalue weighted by atomic mass is 32.2. The van der Waals surface area contributed by atoms with E-state index in [1.165, 1.54) is 8.61 Å². The van der Waals surface area contributed by atoms with Gasteiger partial charge in [-0.2, -0.15) is 4.31 Å². The van der Waals surface area contributed by atoms with Gasteiger partial charge in [-0.3, -0.25) is 4.31 Å². The summed E-state index contributed by atoms with van der Waals surface area (Å²) in [6, 6.07) is 22.1. The van der Waals surface area contributed by atoms with Crippen LogP contribution in [0.3, 0.4) is 0 Å². The summed E-state index contributed by atoms with van der Waals surface area (Å²) in [7, 11) is -7.76. The number of allylic oxidation sites excluding steroid dienone is 1. The summed E-state index contributed by atoms with van der Waals surface area (Å²) in [6.45, 7) is 6.35. The van der Waals surface area contributed by atoms with Crippen LogP contribution in [-0.2, 0) is 26.5 Å². The summed E-state index contributed by atoms with van der Waals surface area (Å²) >= 11 is 0. The topological polar surface area (TPSA) is 74.8 Å². The van der Waals surface area contributed by atoms with Gasteiger partial charge in [0.05, 0.1) is 9.79 Å². The number of hydrogen-bond donors (Lipinski definition) is 0. The van der Waals surface area contributed by atoms with E-state index in [4.69, 9.17) is 0 Å². The molecule has 6 nitrogen and oxygen atoms in total. The Hall–Kier alpha value is -2.94. The fourth-order valence-electron chi connectivity index (χ4n) is 6.07. The zero-order chi connectivity index (χ0) is 29.2. The molecule has 8 heteroatoms. The highest BCUT2D eigenvalue weighted by Crippen LogP contribution is 2.44. The molecule has 1 aliphatic heterocycles. The maximum atomic E-state index is 14.3. The van der Waals surface area contributed by atoms with Crippen LogP contribution in [0.1, 0.15) is 67.2 Å². The lowest BCUT2D eigenvalue weighted by Crippen LogP contribution is -2.38. The second-order valence-electron chi connectivity index (χ2n) is 11.3. The number of benzene rings is 3. The van der Waals surface area contributed by atoms with E-state index >= 15 is 0 Å². The fraction of sp³-hybridized carbons (Fsp3) is 0.394. The molecule has 0 amide bonds. The van der Waals surface area contributed by atoms with Crippen LogP contribution < -0.4 is 0 Å². The lowest BCUT2D eigenvalue weighted by atomic mass is 9.78. The summed E-state index contributed by atoms with van der Waals surface area (Å²) in [5.74, 6) is -0.117. The predicted molar refractivity (Wildman–Crippen MR) is 164 cm³/mol. The number of sulfonamides is 2. The number of hydrogen-bond acceptors (Lipinski definition) is 4. The third-order valence-electron chi connectivity index (χ3n) is 8.33. The molecule has 3 aromatic rings. The van der Waals surface area contributed by atoms with Crippen molar-refractivity contribution < 1.29 is 16.8 Å². The molecular weight excluding hydrogens is 553 g/mol. The zero-order valence-electron chi connectivity index (χ0n) is 24.2. The smallest absolute Gasteiger partial charge is 0.264 e. The highest BCUT2D eigenvalue weighted by molar-refractivity contribution is 7.89. The van der Waals surface area contributed by atoms with E-state index in [0.717, 1.165) is 65.6 Å². The molecule has 0 aromatic heterocycles. The van der Waals surface area contributed by atoms with Crippen LogP contribution in [0.2, 0.25) is 0 Å². The molecule has 5 rings (SSSR count). The van der Waals surface area contributed by atoms with Crippen molar-refractivity contribution in [1.82, 2.24) is 8.61 Å². The van der Waals surface area contributed by atoms with Crippen LogP contribution in [0, 0.1) is 13.8 Å². The molecule has 1 aliphatic carbocycles. The van der Waals surface area contributed by atoms with Gasteiger partial charge in [-0.15, -0.1) is 0 Å². The predicted octanol–water partition coefficient (Wildman–Crippen LogP) is 6.56. The third-order valence-corrected chi connectivity index (χ3v) is 12.0. The first kappa shape index (κ1) is 29.5. The number of aryl methyl sites for hydroxylation is 2. The van der Waals surface area contributed by atoms with E-state index in [2.05, 4.69) is 19.1 Å². The molecule has 0 spiro atoms. The second-order valence-corrected chi connectivity index (χ2v) is 15.1. The van der Waals surface area contributed by atoms with Crippen LogP contribution >= 0.6 is 0 Å². The van der Waals surface area contributed by atoms with Crippen molar-refractivity contribution in [1.29, 1.82) is 0 Å². The first-order chi connectivity index (χ1) is 19.6. The van der Waals surface area contributed by atoms with Gasteiger partial charge in [0.1, 0.15) is 0 Å². The summed E-state index contributed by atoms with van der Waals surface area (Å²) in [5.41, 5.74) is 5.90. The Bertz CT molecular complexity index is 1630. The van der Waals surface area contributed by atoms with E-state index in [-0.39, 0.29) is 35.3 Å². The molecule has 0 N–H and O–H groups in total. The standard InChI is InChI=1S/C33H40N2O4S2/c1-4-5-6-7-12-32-31-11-9-8-10-27(31)23-28-24-34(40(36,37)29-17-13-25(2)14-18-29)21-22-35(33(28)32)41(38,39)30-19-15-26(3)16-20-30/h8-11,13-20,32H,4-7,12,21-24H2,1-3H3. The van der Waals surface area contributed by atoms with Gasteiger partial charge in [0, 0.05) is 31.2 Å². The lowest BCUT2D eigenvalue weighted by Gasteiger charge is -2.37. The van der Waals surface area contributed by atoms with Crippen LogP contribution in [0.4, 0.5) is 0 Å². The van der Waals surface area contributed by atoms with Crippen LogP contribution in [-0.4, -0.2) is 45.1 Å². The van der Waals surface area contributed by atoms with Crippen molar-refractivity contribution in [2.45, 2.75) is 75.0 Å². The number of nitrogens with zero attached hydrogens (tertiary/aromatic N) is 2. The van der Waals surface area contributed by atoms with Crippen LogP contribution in [0.25, 0.3) is 0 Å². The van der Waals surface area contributed by atoms with Crippen molar-refractivity contribution >= 4 is 20.0 Å². The average Bonchev–Trinajstić information content (AvgIpc) is 3.16. The fourth-order valence-corrected chi connectivity index (χ4v) is 9.07. The van der Waals surface area contributed by atoms with Gasteiger partial charge in [-0.1, -0.05) is 92.3 Å². The zero-order valence-corrected chi connectivity index (χ0v) is 25.8. The number of rotatable bonds is 9. The Morgan fingerprint density at radius 3 is 1.98 bits per heavy atom. The van der Waals surface area contributed by atoms with E-state index < -0.39 is 20.0 Å². The monoisotopic (exact) mass is 592 g/mol. The maximum absolute atomic E-state index is 14.3. The van der Waals surface area contributed by atoms with Gasteiger partial charge < -0.3 is 0 Å². The minimum Gasteiger partial charge on any atom is -0.268 e.